The fourth-order valence-corrected chi connectivity index (χ4v) is 7.00. The van der Waals surface area contributed by atoms with Gasteiger partial charge in [0.05, 0.1) is 37.2 Å². The average molecular weight is 519 g/mol. The van der Waals surface area contributed by atoms with E-state index in [-0.39, 0.29) is 30.4 Å². The van der Waals surface area contributed by atoms with Crippen LogP contribution in [0.5, 0.6) is 0 Å². The van der Waals surface area contributed by atoms with Gasteiger partial charge in [0.1, 0.15) is 11.6 Å². The first-order chi connectivity index (χ1) is 17.3. The van der Waals surface area contributed by atoms with E-state index in [2.05, 4.69) is 33.9 Å². The quantitative estimate of drug-likeness (QED) is 0.241. The number of rotatable bonds is 12. The first kappa shape index (κ1) is 29.4. The van der Waals surface area contributed by atoms with Crippen LogP contribution in [0.4, 0.5) is 0 Å². The van der Waals surface area contributed by atoms with Crippen LogP contribution in [0, 0.1) is 17.3 Å². The lowest BCUT2D eigenvalue weighted by Gasteiger charge is -2.46. The van der Waals surface area contributed by atoms with E-state index >= 15 is 0 Å². The number of allylic oxidation sites excluding steroid dienone is 1. The minimum Gasteiger partial charge on any atom is -0.465 e. The number of amides is 2. The van der Waals surface area contributed by atoms with Gasteiger partial charge in [-0.15, -0.1) is 13.2 Å². The Labute approximate surface area is 222 Å². The molecule has 3 heterocycles. The van der Waals surface area contributed by atoms with Crippen molar-refractivity contribution in [2.24, 2.45) is 17.3 Å². The number of esters is 1. The Morgan fingerprint density at radius 3 is 2.51 bits per heavy atom. The first-order valence-corrected chi connectivity index (χ1v) is 13.6. The molecule has 6 atom stereocenters. The van der Waals surface area contributed by atoms with Crippen molar-refractivity contribution in [3.05, 3.63) is 25.3 Å². The number of ether oxygens (including phenoxy) is 2. The van der Waals surface area contributed by atoms with Gasteiger partial charge in [0.15, 0.2) is 0 Å². The largest absolute Gasteiger partial charge is 0.465 e. The van der Waals surface area contributed by atoms with E-state index in [1.807, 2.05) is 13.8 Å². The molecule has 0 aromatic heterocycles. The lowest BCUT2D eigenvalue weighted by Crippen LogP contribution is -2.62. The van der Waals surface area contributed by atoms with Crippen molar-refractivity contribution in [2.75, 3.05) is 19.8 Å². The van der Waals surface area contributed by atoms with Crippen LogP contribution >= 0.6 is 0 Å². The summed E-state index contributed by atoms with van der Waals surface area (Å²) in [6.45, 7) is 20.0. The van der Waals surface area contributed by atoms with Crippen LogP contribution in [0.25, 0.3) is 0 Å². The van der Waals surface area contributed by atoms with Crippen LogP contribution in [0.15, 0.2) is 25.3 Å². The zero-order chi connectivity index (χ0) is 27.8. The number of likely N-dealkylation sites (tertiary alicyclic amines) is 1. The summed E-state index contributed by atoms with van der Waals surface area (Å²) in [4.78, 5) is 44.9. The number of carbonyl (C=O) groups excluding carboxylic acids is 3. The van der Waals surface area contributed by atoms with E-state index in [4.69, 9.17) is 9.47 Å². The molecule has 8 nitrogen and oxygen atoms in total. The third-order valence-corrected chi connectivity index (χ3v) is 8.05. The van der Waals surface area contributed by atoms with Gasteiger partial charge in [0.25, 0.3) is 0 Å². The first-order valence-electron chi connectivity index (χ1n) is 13.6. The standard InChI is InChI=1S/C29H46N2O6/c1-9-11-12-16-36-26(35)21-20-13-14-29(37-20)22(21)24(33)31(19(3)17-32)23(29)25(34)30(15-10-2)28(7,8)18-27(4,5)6/h9-10,19-23,32H,1-2,11-18H2,3-8H3/t19-,20+,21-,22+,23?,29?/m1/s1. The van der Waals surface area contributed by atoms with Gasteiger partial charge in [0, 0.05) is 12.1 Å². The third-order valence-electron chi connectivity index (χ3n) is 8.05. The lowest BCUT2D eigenvalue weighted by atomic mass is 9.70. The molecule has 3 fully saturated rings. The van der Waals surface area contributed by atoms with E-state index < -0.39 is 47.1 Å². The second-order valence-corrected chi connectivity index (χ2v) is 12.7. The molecule has 2 unspecified atom stereocenters. The molecular weight excluding hydrogens is 472 g/mol. The average Bonchev–Trinajstić information content (AvgIpc) is 3.45. The maximum Gasteiger partial charge on any atom is 0.312 e. The zero-order valence-corrected chi connectivity index (χ0v) is 23.5. The van der Waals surface area contributed by atoms with Gasteiger partial charge >= 0.3 is 5.97 Å². The molecule has 1 spiro atoms. The van der Waals surface area contributed by atoms with Crippen molar-refractivity contribution >= 4 is 17.8 Å². The summed E-state index contributed by atoms with van der Waals surface area (Å²) >= 11 is 0. The number of nitrogens with zero attached hydrogens (tertiary/aromatic N) is 2. The molecule has 1 N–H and O–H groups in total. The summed E-state index contributed by atoms with van der Waals surface area (Å²) in [6.07, 6.45) is 6.20. The van der Waals surface area contributed by atoms with Crippen molar-refractivity contribution < 1.29 is 29.0 Å². The normalized spacial score (nSPS) is 29.7. The summed E-state index contributed by atoms with van der Waals surface area (Å²) in [5, 5.41) is 10.1. The lowest BCUT2D eigenvalue weighted by molar-refractivity contribution is -0.157. The van der Waals surface area contributed by atoms with Crippen LogP contribution in [-0.4, -0.2) is 81.8 Å². The van der Waals surface area contributed by atoms with E-state index in [9.17, 15) is 19.5 Å². The Bertz CT molecular complexity index is 909. The van der Waals surface area contributed by atoms with Crippen LogP contribution in [-0.2, 0) is 23.9 Å². The van der Waals surface area contributed by atoms with Crippen molar-refractivity contribution in [1.29, 1.82) is 0 Å². The predicted octanol–water partition coefficient (Wildman–Crippen LogP) is 3.48. The van der Waals surface area contributed by atoms with Gasteiger partial charge < -0.3 is 24.4 Å². The molecule has 37 heavy (non-hydrogen) atoms. The fraction of sp³-hybridized carbons (Fsp3) is 0.759. The highest BCUT2D eigenvalue weighted by molar-refractivity contribution is 5.98. The minimum absolute atomic E-state index is 0.0453. The second kappa shape index (κ2) is 10.9. The SMILES string of the molecule is C=CCCCOC(=O)[C@@H]1[C@@H]2CCC3(O2)C(C(=O)N(CC=C)C(C)(C)CC(C)(C)C)N([C@H](C)CO)C(=O)[C@H]13. The zero-order valence-electron chi connectivity index (χ0n) is 23.5. The highest BCUT2D eigenvalue weighted by Gasteiger charge is 2.75. The minimum atomic E-state index is -1.12. The molecule has 3 rings (SSSR count). The van der Waals surface area contributed by atoms with Crippen LogP contribution < -0.4 is 0 Å². The molecule has 2 bridgehead atoms. The van der Waals surface area contributed by atoms with Gasteiger partial charge in [0.2, 0.25) is 11.8 Å². The maximum absolute atomic E-state index is 14.5. The molecule has 8 heteroatoms. The number of carbonyl (C=O) groups is 3. The second-order valence-electron chi connectivity index (χ2n) is 12.7. The van der Waals surface area contributed by atoms with Gasteiger partial charge in [-0.05, 0) is 58.3 Å². The Morgan fingerprint density at radius 1 is 1.27 bits per heavy atom. The highest BCUT2D eigenvalue weighted by Crippen LogP contribution is 2.59. The van der Waals surface area contributed by atoms with E-state index in [0.717, 1.165) is 12.8 Å². The van der Waals surface area contributed by atoms with Gasteiger partial charge in [-0.25, -0.2) is 0 Å². The molecule has 0 aromatic rings. The number of hydrogen-bond donors (Lipinski definition) is 1. The molecule has 0 aromatic carbocycles. The molecule has 0 aliphatic carbocycles. The van der Waals surface area contributed by atoms with Crippen molar-refractivity contribution in [3.8, 4) is 0 Å². The Kier molecular flexibility index (Phi) is 8.64. The smallest absolute Gasteiger partial charge is 0.312 e. The van der Waals surface area contributed by atoms with Gasteiger partial charge in [-0.2, -0.15) is 0 Å². The van der Waals surface area contributed by atoms with Crippen LogP contribution in [0.1, 0.15) is 73.6 Å². The van der Waals surface area contributed by atoms with Crippen molar-refractivity contribution in [2.45, 2.75) is 103 Å². The molecular formula is C29H46N2O6. The van der Waals surface area contributed by atoms with Crippen molar-refractivity contribution in [1.82, 2.24) is 9.80 Å². The van der Waals surface area contributed by atoms with E-state index in [1.165, 1.54) is 4.90 Å². The van der Waals surface area contributed by atoms with Crippen LogP contribution in [0.3, 0.4) is 0 Å². The Balaban J connectivity index is 2.01. The monoisotopic (exact) mass is 518 g/mol. The summed E-state index contributed by atoms with van der Waals surface area (Å²) in [7, 11) is 0. The summed E-state index contributed by atoms with van der Waals surface area (Å²) in [5.74, 6) is -2.56. The number of aliphatic hydroxyl groups excluding tert-OH is 1. The molecule has 3 saturated heterocycles. The summed E-state index contributed by atoms with van der Waals surface area (Å²) < 4.78 is 12.0. The van der Waals surface area contributed by atoms with Gasteiger partial charge in [-0.1, -0.05) is 32.9 Å². The number of aliphatic hydroxyl groups is 1. The molecule has 3 aliphatic rings. The Morgan fingerprint density at radius 2 is 1.95 bits per heavy atom. The third kappa shape index (κ3) is 5.37. The molecule has 0 radical (unpaired) electrons. The van der Waals surface area contributed by atoms with E-state index in [0.29, 0.717) is 25.8 Å². The number of unbranched alkanes of at least 4 members (excludes halogenated alkanes) is 1. The topological polar surface area (TPSA) is 96.4 Å². The molecule has 0 saturated carbocycles. The maximum atomic E-state index is 14.5. The van der Waals surface area contributed by atoms with Gasteiger partial charge in [-0.3, -0.25) is 14.4 Å². The number of hydrogen-bond acceptors (Lipinski definition) is 6. The summed E-state index contributed by atoms with van der Waals surface area (Å²) in [6, 6.07) is -1.54. The number of fused-ring (bicyclic) bond motifs is 1. The Hall–Kier alpha value is -2.19. The fourth-order valence-electron chi connectivity index (χ4n) is 7.00. The summed E-state index contributed by atoms with van der Waals surface area (Å²) in [5.41, 5.74) is -1.70. The predicted molar refractivity (Wildman–Crippen MR) is 141 cm³/mol. The van der Waals surface area contributed by atoms with Crippen molar-refractivity contribution in [3.63, 3.8) is 0 Å². The molecule has 3 aliphatic heterocycles. The molecule has 2 amide bonds. The van der Waals surface area contributed by atoms with Crippen LogP contribution in [0.2, 0.25) is 0 Å². The van der Waals surface area contributed by atoms with E-state index in [1.54, 1.807) is 24.0 Å². The molecule has 208 valence electrons. The highest BCUT2D eigenvalue weighted by atomic mass is 16.6.